The van der Waals surface area contributed by atoms with Crippen molar-refractivity contribution in [2.45, 2.75) is 10.7 Å². The summed E-state index contributed by atoms with van der Waals surface area (Å²) in [6.45, 7) is 0. The van der Waals surface area contributed by atoms with Crippen molar-refractivity contribution in [3.05, 3.63) is 187 Å². The molecule has 8 nitrogen and oxygen atoms in total. The van der Waals surface area contributed by atoms with E-state index in [0.29, 0.717) is 6.42 Å². The van der Waals surface area contributed by atoms with Crippen LogP contribution in [-0.4, -0.2) is 44.3 Å². The number of benzene rings is 6. The quantitative estimate of drug-likeness (QED) is 0.0992. The molecule has 0 heterocycles. The third kappa shape index (κ3) is 7.91. The molecule has 0 amide bonds. The van der Waals surface area contributed by atoms with Gasteiger partial charge in [-0.25, -0.2) is 19.2 Å². The lowest BCUT2D eigenvalue weighted by atomic mass is 9.76. The number of hydrogen-bond acceptors (Lipinski definition) is 4. The van der Waals surface area contributed by atoms with Gasteiger partial charge in [0.2, 0.25) is 0 Å². The van der Waals surface area contributed by atoms with E-state index < -0.39 is 28.2 Å². The largest absolute Gasteiger partial charge is 0.478 e. The molecule has 1 aliphatic carbocycles. The van der Waals surface area contributed by atoms with Gasteiger partial charge in [-0.2, -0.15) is 0 Å². The number of halogens is 3. The average Bonchev–Trinajstić information content (AvgIpc) is 3.22. The van der Waals surface area contributed by atoms with Crippen LogP contribution in [0.4, 0.5) is 0 Å². The number of carboxylic acids is 4. The summed E-state index contributed by atoms with van der Waals surface area (Å²) in [4.78, 5) is 46.7. The number of alkyl halides is 1. The number of rotatable bonds is 10. The minimum atomic E-state index is -1.05. The fraction of sp³-hybridized carbons (Fsp3) is 0.0435. The number of allylic oxidation sites excluding steroid dienone is 4. The molecule has 7 rings (SSSR count). The summed E-state index contributed by atoms with van der Waals surface area (Å²) in [5.74, 6) is -4.13. The molecule has 0 radical (unpaired) electrons. The molecule has 11 heteroatoms. The maximum Gasteiger partial charge on any atom is 0.335 e. The van der Waals surface area contributed by atoms with Crippen LogP contribution in [0.25, 0.3) is 44.5 Å². The molecule has 1 aliphatic rings. The first kappa shape index (κ1) is 39.4. The van der Waals surface area contributed by atoms with Crippen LogP contribution in [0.15, 0.2) is 148 Å². The Morgan fingerprint density at radius 3 is 1.19 bits per heavy atom. The van der Waals surface area contributed by atoms with E-state index in [0.717, 1.165) is 70.2 Å². The van der Waals surface area contributed by atoms with E-state index in [-0.39, 0.29) is 22.3 Å². The van der Waals surface area contributed by atoms with Crippen molar-refractivity contribution in [3.63, 3.8) is 0 Å². The van der Waals surface area contributed by atoms with Crippen molar-refractivity contribution >= 4 is 82.8 Å². The van der Waals surface area contributed by atoms with Gasteiger partial charge in [-0.05, 0) is 172 Å². The second-order valence-electron chi connectivity index (χ2n) is 13.4. The zero-order valence-corrected chi connectivity index (χ0v) is 34.3. The Kier molecular flexibility index (Phi) is 11.0. The first-order chi connectivity index (χ1) is 27.2. The highest BCUT2D eigenvalue weighted by molar-refractivity contribution is 9.15. The van der Waals surface area contributed by atoms with E-state index in [1.807, 2.05) is 42.5 Å². The van der Waals surface area contributed by atoms with E-state index in [2.05, 4.69) is 47.8 Å². The number of carboxylic acid groups (broad SMARTS) is 4. The predicted molar refractivity (Wildman–Crippen MR) is 230 cm³/mol. The molecule has 1 atom stereocenters. The minimum Gasteiger partial charge on any atom is -0.478 e. The number of carbonyl (C=O) groups is 4. The van der Waals surface area contributed by atoms with Crippen LogP contribution in [0.5, 0.6) is 0 Å². The molecule has 0 aromatic heterocycles. The Morgan fingerprint density at radius 1 is 0.421 bits per heavy atom. The van der Waals surface area contributed by atoms with Gasteiger partial charge in [-0.15, -0.1) is 0 Å². The van der Waals surface area contributed by atoms with Crippen molar-refractivity contribution < 1.29 is 39.6 Å². The molecule has 0 fully saturated rings. The van der Waals surface area contributed by atoms with Crippen molar-refractivity contribution in [2.75, 3.05) is 0 Å². The van der Waals surface area contributed by atoms with Gasteiger partial charge in [0.25, 0.3) is 0 Å². The molecule has 4 N–H and O–H groups in total. The second kappa shape index (κ2) is 15.9. The first-order valence-electron chi connectivity index (χ1n) is 17.3. The Morgan fingerprint density at radius 2 is 0.772 bits per heavy atom. The molecule has 0 saturated heterocycles. The van der Waals surface area contributed by atoms with E-state index in [9.17, 15) is 39.6 Å². The van der Waals surface area contributed by atoms with Crippen molar-refractivity contribution in [3.8, 4) is 33.4 Å². The number of hydrogen-bond donors (Lipinski definition) is 4. The van der Waals surface area contributed by atoms with Gasteiger partial charge in [0, 0.05) is 8.96 Å². The average molecular weight is 949 g/mol. The van der Waals surface area contributed by atoms with Gasteiger partial charge in [-0.1, -0.05) is 82.7 Å². The van der Waals surface area contributed by atoms with Crippen LogP contribution in [-0.2, 0) is 4.32 Å². The van der Waals surface area contributed by atoms with E-state index in [4.69, 9.17) is 0 Å². The Labute approximate surface area is 351 Å². The summed E-state index contributed by atoms with van der Waals surface area (Å²) >= 11 is 12.1. The molecule has 57 heavy (non-hydrogen) atoms. The van der Waals surface area contributed by atoms with Gasteiger partial charge in [-0.3, -0.25) is 0 Å². The topological polar surface area (TPSA) is 149 Å². The molecule has 0 spiro atoms. The molecule has 6 aromatic rings. The zero-order chi connectivity index (χ0) is 40.6. The lowest BCUT2D eigenvalue weighted by Gasteiger charge is -2.38. The van der Waals surface area contributed by atoms with Crippen LogP contribution in [0.2, 0.25) is 0 Å². The van der Waals surface area contributed by atoms with E-state index >= 15 is 0 Å². The summed E-state index contributed by atoms with van der Waals surface area (Å²) in [6.07, 6.45) is 0.376. The lowest BCUT2D eigenvalue weighted by Crippen LogP contribution is -2.25. The van der Waals surface area contributed by atoms with Crippen molar-refractivity contribution in [2.24, 2.45) is 0 Å². The molecule has 1 unspecified atom stereocenters. The molecular weight excluding hydrogens is 920 g/mol. The van der Waals surface area contributed by atoms with Gasteiger partial charge < -0.3 is 20.4 Å². The Bertz CT molecular complexity index is 2590. The summed E-state index contributed by atoms with van der Waals surface area (Å²) in [7, 11) is 0. The number of aromatic carboxylic acids is 4. The second-order valence-corrected chi connectivity index (χ2v) is 16.3. The standard InChI is InChI=1S/C46H29Br3O8/c47-40-38(36-22-34(26-6-12-29(13-7-26)43(52)53)21-35(23-36)27-8-14-30(15-9-27)44(54)55)24-46(49,37-18-16-31(17-19-37)45(56)57)39(41(40)48)33-3-1-2-32(20-33)25-4-10-28(11-5-25)42(50)51/h1-23H,24H2,(H,50,51)(H,52,53)(H,54,55)(H,56,57). The van der Waals surface area contributed by atoms with E-state index in [1.165, 1.54) is 0 Å². The summed E-state index contributed by atoms with van der Waals surface area (Å²) < 4.78 is 0.561. The minimum absolute atomic E-state index is 0.138. The lowest BCUT2D eigenvalue weighted by molar-refractivity contribution is 0.0686. The molecule has 0 saturated carbocycles. The summed E-state index contributed by atoms with van der Waals surface area (Å²) in [5.41, 5.74) is 9.66. The molecule has 0 bridgehead atoms. The fourth-order valence-corrected chi connectivity index (χ4v) is 9.55. The van der Waals surface area contributed by atoms with E-state index in [1.54, 1.807) is 97.1 Å². The molecule has 6 aromatic carbocycles. The maximum atomic E-state index is 11.9. The highest BCUT2D eigenvalue weighted by atomic mass is 79.9. The molecule has 282 valence electrons. The third-order valence-electron chi connectivity index (χ3n) is 9.91. The van der Waals surface area contributed by atoms with Crippen LogP contribution >= 0.6 is 47.8 Å². The van der Waals surface area contributed by atoms with Crippen molar-refractivity contribution in [1.29, 1.82) is 0 Å². The summed E-state index contributed by atoms with van der Waals surface area (Å²) in [6, 6.07) is 40.5. The Balaban J connectivity index is 1.44. The van der Waals surface area contributed by atoms with Crippen molar-refractivity contribution in [1.82, 2.24) is 0 Å². The smallest absolute Gasteiger partial charge is 0.335 e. The monoisotopic (exact) mass is 946 g/mol. The summed E-state index contributed by atoms with van der Waals surface area (Å²) in [5, 5.41) is 38.3. The van der Waals surface area contributed by atoms with Gasteiger partial charge in [0.15, 0.2) is 0 Å². The van der Waals surface area contributed by atoms with Gasteiger partial charge in [0.05, 0.1) is 26.6 Å². The SMILES string of the molecule is O=C(O)c1ccc(-c2cccc(C3=C(Br)C(Br)=C(c4cc(-c5ccc(C(=O)O)cc5)cc(-c5ccc(C(=O)O)cc5)c4)CC3(Br)c3ccc(C(=O)O)cc3)c2)cc1. The predicted octanol–water partition coefficient (Wildman–Crippen LogP) is 12.1. The zero-order valence-electron chi connectivity index (χ0n) is 29.5. The van der Waals surface area contributed by atoms with Crippen LogP contribution in [0.1, 0.15) is 64.5 Å². The normalized spacial score (nSPS) is 15.4. The highest BCUT2D eigenvalue weighted by Gasteiger charge is 2.42. The van der Waals surface area contributed by atoms with Crippen LogP contribution in [0, 0.1) is 0 Å². The maximum absolute atomic E-state index is 11.9. The van der Waals surface area contributed by atoms with Gasteiger partial charge in [0.1, 0.15) is 0 Å². The van der Waals surface area contributed by atoms with Crippen LogP contribution < -0.4 is 0 Å². The Hall–Kier alpha value is -5.88. The third-order valence-corrected chi connectivity index (χ3v) is 13.2. The molecular formula is C46H29Br3O8. The highest BCUT2D eigenvalue weighted by Crippen LogP contribution is 2.59. The van der Waals surface area contributed by atoms with Crippen LogP contribution in [0.3, 0.4) is 0 Å². The van der Waals surface area contributed by atoms with Gasteiger partial charge >= 0.3 is 23.9 Å². The molecule has 0 aliphatic heterocycles. The fourth-order valence-electron chi connectivity index (χ4n) is 6.94. The first-order valence-corrected chi connectivity index (χ1v) is 19.7.